The summed E-state index contributed by atoms with van der Waals surface area (Å²) < 4.78 is 13.6. The van der Waals surface area contributed by atoms with Crippen molar-refractivity contribution < 1.29 is 9.18 Å². The molecule has 142 valence electrons. The molecule has 2 heterocycles. The van der Waals surface area contributed by atoms with Crippen LogP contribution in [0, 0.1) is 5.82 Å². The zero-order valence-corrected chi connectivity index (χ0v) is 15.9. The van der Waals surface area contributed by atoms with Crippen LogP contribution in [0.15, 0.2) is 78.9 Å². The highest BCUT2D eigenvalue weighted by Gasteiger charge is 2.43. The van der Waals surface area contributed by atoms with Gasteiger partial charge in [-0.15, -0.1) is 0 Å². The maximum absolute atomic E-state index is 13.6. The third kappa shape index (κ3) is 2.91. The minimum atomic E-state index is -0.426. The molecule has 0 spiro atoms. The number of amides is 1. The van der Waals surface area contributed by atoms with Crippen molar-refractivity contribution in [2.45, 2.75) is 6.04 Å². The quantitative estimate of drug-likeness (QED) is 0.482. The molecule has 1 aliphatic heterocycles. The number of aromatic nitrogens is 2. The van der Waals surface area contributed by atoms with E-state index in [9.17, 15) is 9.18 Å². The maximum Gasteiger partial charge on any atom is 0.277 e. The lowest BCUT2D eigenvalue weighted by atomic mass is 9.96. The van der Waals surface area contributed by atoms with Crippen molar-refractivity contribution in [3.05, 3.63) is 107 Å². The number of carbonyl (C=O) groups is 1. The molecule has 0 aliphatic carbocycles. The molecule has 0 saturated heterocycles. The molecular weight excluding hydrogens is 389 g/mol. The Morgan fingerprint density at radius 2 is 1.62 bits per heavy atom. The van der Waals surface area contributed by atoms with Gasteiger partial charge in [0.1, 0.15) is 11.5 Å². The van der Waals surface area contributed by atoms with Crippen LogP contribution in [0.5, 0.6) is 0 Å². The molecule has 1 amide bonds. The van der Waals surface area contributed by atoms with Crippen LogP contribution >= 0.6 is 11.6 Å². The molecule has 5 rings (SSSR count). The first-order valence-electron chi connectivity index (χ1n) is 9.12. The van der Waals surface area contributed by atoms with Gasteiger partial charge in [-0.2, -0.15) is 5.10 Å². The van der Waals surface area contributed by atoms with E-state index in [2.05, 4.69) is 10.2 Å². The Hall–Kier alpha value is -3.44. The Morgan fingerprint density at radius 1 is 0.931 bits per heavy atom. The Balaban J connectivity index is 1.72. The number of carbonyl (C=O) groups excluding carboxylic acids is 1. The lowest BCUT2D eigenvalue weighted by Crippen LogP contribution is -2.29. The molecule has 0 radical (unpaired) electrons. The molecule has 1 N–H and O–H groups in total. The molecule has 0 fully saturated rings. The number of rotatable bonds is 3. The molecule has 1 aliphatic rings. The van der Waals surface area contributed by atoms with Crippen molar-refractivity contribution >= 4 is 23.2 Å². The van der Waals surface area contributed by atoms with Crippen LogP contribution in [-0.2, 0) is 0 Å². The van der Waals surface area contributed by atoms with Gasteiger partial charge in [0.2, 0.25) is 0 Å². The van der Waals surface area contributed by atoms with E-state index in [1.165, 1.54) is 12.1 Å². The number of hydrogen-bond donors (Lipinski definition) is 1. The predicted molar refractivity (Wildman–Crippen MR) is 111 cm³/mol. The monoisotopic (exact) mass is 403 g/mol. The van der Waals surface area contributed by atoms with Gasteiger partial charge in [0.15, 0.2) is 0 Å². The van der Waals surface area contributed by atoms with E-state index < -0.39 is 6.04 Å². The van der Waals surface area contributed by atoms with Crippen LogP contribution in [-0.4, -0.2) is 16.1 Å². The molecular formula is C23H15ClFN3O. The Bertz CT molecular complexity index is 1190. The normalized spacial score (nSPS) is 15.6. The van der Waals surface area contributed by atoms with Gasteiger partial charge >= 0.3 is 0 Å². The van der Waals surface area contributed by atoms with Gasteiger partial charge in [0, 0.05) is 21.8 Å². The largest absolute Gasteiger partial charge is 0.295 e. The minimum Gasteiger partial charge on any atom is -0.295 e. The minimum absolute atomic E-state index is 0.173. The topological polar surface area (TPSA) is 49.0 Å². The van der Waals surface area contributed by atoms with Crippen molar-refractivity contribution in [1.82, 2.24) is 10.2 Å². The number of hydrogen-bond acceptors (Lipinski definition) is 2. The second kappa shape index (κ2) is 6.87. The van der Waals surface area contributed by atoms with E-state index in [0.29, 0.717) is 16.4 Å². The third-order valence-corrected chi connectivity index (χ3v) is 5.36. The Morgan fingerprint density at radius 3 is 2.31 bits per heavy atom. The van der Waals surface area contributed by atoms with Crippen molar-refractivity contribution in [2.24, 2.45) is 0 Å². The summed E-state index contributed by atoms with van der Waals surface area (Å²) in [6.07, 6.45) is 0. The molecule has 0 bridgehead atoms. The first-order chi connectivity index (χ1) is 14.1. The van der Waals surface area contributed by atoms with Gasteiger partial charge < -0.3 is 0 Å². The third-order valence-electron chi connectivity index (χ3n) is 5.11. The highest BCUT2D eigenvalue weighted by Crippen LogP contribution is 2.44. The van der Waals surface area contributed by atoms with E-state index in [1.54, 1.807) is 29.2 Å². The summed E-state index contributed by atoms with van der Waals surface area (Å²) in [6.45, 7) is 0. The van der Waals surface area contributed by atoms with Crippen molar-refractivity contribution in [1.29, 1.82) is 0 Å². The number of H-pyrrole nitrogens is 1. The number of nitrogens with zero attached hydrogens (tertiary/aromatic N) is 2. The second-order valence-electron chi connectivity index (χ2n) is 6.83. The summed E-state index contributed by atoms with van der Waals surface area (Å²) in [5.74, 6) is -0.497. The SMILES string of the molecule is O=C1c2[nH]nc(-c3ccc(Cl)cc3)c2[C@H](c2ccc(F)cc2)N1c1ccccc1. The van der Waals surface area contributed by atoms with Crippen LogP contribution in [0.3, 0.4) is 0 Å². The van der Waals surface area contributed by atoms with E-state index in [-0.39, 0.29) is 11.7 Å². The molecule has 4 aromatic rings. The molecule has 0 unspecified atom stereocenters. The summed E-state index contributed by atoms with van der Waals surface area (Å²) >= 11 is 6.03. The highest BCUT2D eigenvalue weighted by molar-refractivity contribution is 6.30. The number of fused-ring (bicyclic) bond motifs is 1. The first-order valence-corrected chi connectivity index (χ1v) is 9.49. The summed E-state index contributed by atoms with van der Waals surface area (Å²) in [5, 5.41) is 7.95. The van der Waals surface area contributed by atoms with Gasteiger partial charge in [-0.1, -0.05) is 54.1 Å². The summed E-state index contributed by atoms with van der Waals surface area (Å²) in [4.78, 5) is 15.0. The highest BCUT2D eigenvalue weighted by atomic mass is 35.5. The number of halogens is 2. The smallest absolute Gasteiger partial charge is 0.277 e. The number of aromatic amines is 1. The zero-order valence-electron chi connectivity index (χ0n) is 15.1. The van der Waals surface area contributed by atoms with E-state index in [4.69, 9.17) is 11.6 Å². The summed E-state index contributed by atoms with van der Waals surface area (Å²) in [6, 6.07) is 22.6. The fourth-order valence-electron chi connectivity index (χ4n) is 3.79. The van der Waals surface area contributed by atoms with Crippen LogP contribution in [0.1, 0.15) is 27.7 Å². The average Bonchev–Trinajstić information content (AvgIpc) is 3.29. The summed E-state index contributed by atoms with van der Waals surface area (Å²) in [7, 11) is 0. The van der Waals surface area contributed by atoms with E-state index >= 15 is 0 Å². The Kier molecular flexibility index (Phi) is 4.18. The molecule has 1 atom stereocenters. The van der Waals surface area contributed by atoms with Gasteiger partial charge in [0.05, 0.1) is 11.7 Å². The standard InChI is InChI=1S/C23H15ClFN3O/c24-16-10-6-14(7-11-16)20-19-21(27-26-20)23(29)28(18-4-2-1-3-5-18)22(19)15-8-12-17(25)13-9-15/h1-13,22H,(H,26,27)/t22-/m0/s1. The molecule has 1 aromatic heterocycles. The van der Waals surface area contributed by atoms with Crippen LogP contribution in [0.2, 0.25) is 5.02 Å². The van der Waals surface area contributed by atoms with Crippen molar-refractivity contribution in [2.75, 3.05) is 4.90 Å². The second-order valence-corrected chi connectivity index (χ2v) is 7.27. The predicted octanol–water partition coefficient (Wildman–Crippen LogP) is 5.62. The van der Waals surface area contributed by atoms with Crippen LogP contribution in [0.25, 0.3) is 11.3 Å². The first kappa shape index (κ1) is 17.6. The fraction of sp³-hybridized carbons (Fsp3) is 0.0435. The lowest BCUT2D eigenvalue weighted by molar-refractivity contribution is 0.0989. The lowest BCUT2D eigenvalue weighted by Gasteiger charge is -2.26. The van der Waals surface area contributed by atoms with Crippen LogP contribution < -0.4 is 4.90 Å². The fourth-order valence-corrected chi connectivity index (χ4v) is 3.92. The average molecular weight is 404 g/mol. The van der Waals surface area contributed by atoms with Crippen molar-refractivity contribution in [3.8, 4) is 11.3 Å². The molecule has 4 nitrogen and oxygen atoms in total. The number of benzene rings is 3. The zero-order chi connectivity index (χ0) is 20.0. The van der Waals surface area contributed by atoms with Gasteiger partial charge in [-0.25, -0.2) is 4.39 Å². The van der Waals surface area contributed by atoms with Crippen molar-refractivity contribution in [3.63, 3.8) is 0 Å². The van der Waals surface area contributed by atoms with E-state index in [1.807, 2.05) is 42.5 Å². The number of nitrogens with one attached hydrogen (secondary N) is 1. The summed E-state index contributed by atoms with van der Waals surface area (Å²) in [5.41, 5.74) is 4.30. The van der Waals surface area contributed by atoms with Gasteiger partial charge in [0.25, 0.3) is 5.91 Å². The molecule has 0 saturated carbocycles. The molecule has 29 heavy (non-hydrogen) atoms. The van der Waals surface area contributed by atoms with Gasteiger partial charge in [-0.05, 0) is 42.0 Å². The van der Waals surface area contributed by atoms with Gasteiger partial charge in [-0.3, -0.25) is 14.8 Å². The maximum atomic E-state index is 13.6. The van der Waals surface area contributed by atoms with E-state index in [0.717, 1.165) is 22.4 Å². The number of anilines is 1. The van der Waals surface area contributed by atoms with Crippen LogP contribution in [0.4, 0.5) is 10.1 Å². The number of para-hydroxylation sites is 1. The Labute approximate surface area is 171 Å². The molecule has 6 heteroatoms. The molecule has 3 aromatic carbocycles.